The van der Waals surface area contributed by atoms with Gasteiger partial charge in [0.25, 0.3) is 0 Å². The van der Waals surface area contributed by atoms with Gasteiger partial charge in [0, 0.05) is 19.3 Å². The van der Waals surface area contributed by atoms with Gasteiger partial charge in [0.2, 0.25) is 0 Å². The van der Waals surface area contributed by atoms with Gasteiger partial charge in [-0.25, -0.2) is 0 Å². The van der Waals surface area contributed by atoms with Crippen LogP contribution in [0.4, 0.5) is 0 Å². The molecule has 0 saturated heterocycles. The molecule has 0 aromatic rings. The molecule has 0 spiro atoms. The van der Waals surface area contributed by atoms with E-state index in [-0.39, 0.29) is 31.1 Å². The molecule has 0 aromatic carbocycles. The molecule has 1 unspecified atom stereocenters. The minimum atomic E-state index is -0.762. The lowest BCUT2D eigenvalue weighted by molar-refractivity contribution is -0.167. The Kier molecular flexibility index (Phi) is 47.6. The van der Waals surface area contributed by atoms with Crippen LogP contribution in [0.2, 0.25) is 0 Å². The van der Waals surface area contributed by atoms with E-state index in [0.29, 0.717) is 19.3 Å². The number of unbranched alkanes of at least 4 members (excludes halogenated alkanes) is 34. The van der Waals surface area contributed by atoms with Crippen LogP contribution < -0.4 is 0 Å². The first-order chi connectivity index (χ1) is 30.3. The van der Waals surface area contributed by atoms with Gasteiger partial charge in [0.1, 0.15) is 13.2 Å². The van der Waals surface area contributed by atoms with Crippen LogP contribution in [0.1, 0.15) is 311 Å². The number of esters is 3. The quantitative estimate of drug-likeness (QED) is 0.0344. The molecule has 6 heteroatoms. The van der Waals surface area contributed by atoms with Crippen molar-refractivity contribution in [2.75, 3.05) is 13.2 Å². The Bertz CT molecular complexity index is 949. The molecule has 0 bridgehead atoms. The van der Waals surface area contributed by atoms with Crippen molar-refractivity contribution in [1.82, 2.24) is 0 Å². The van der Waals surface area contributed by atoms with Crippen LogP contribution in [0.25, 0.3) is 0 Å². The molecule has 368 valence electrons. The molecule has 0 fully saturated rings. The molecule has 0 aromatic heterocycles. The molecule has 62 heavy (non-hydrogen) atoms. The van der Waals surface area contributed by atoms with Crippen LogP contribution in [0.15, 0.2) is 0 Å². The summed E-state index contributed by atoms with van der Waals surface area (Å²) in [4.78, 5) is 38.0. The first kappa shape index (κ1) is 60.4. The van der Waals surface area contributed by atoms with Crippen molar-refractivity contribution in [3.05, 3.63) is 0 Å². The Morgan fingerprint density at radius 3 is 0.919 bits per heavy atom. The van der Waals surface area contributed by atoms with E-state index < -0.39 is 6.10 Å². The summed E-state index contributed by atoms with van der Waals surface area (Å²) in [5.41, 5.74) is 0. The molecule has 0 radical (unpaired) electrons. The number of carbonyl (C=O) groups is 3. The first-order valence-corrected chi connectivity index (χ1v) is 27.8. The molecular formula is C56H108O6. The van der Waals surface area contributed by atoms with E-state index in [1.807, 2.05) is 0 Å². The van der Waals surface area contributed by atoms with Crippen LogP contribution in [0, 0.1) is 11.8 Å². The maximum absolute atomic E-state index is 12.8. The summed E-state index contributed by atoms with van der Waals surface area (Å²) in [7, 11) is 0. The number of hydrogen-bond acceptors (Lipinski definition) is 6. The van der Waals surface area contributed by atoms with Gasteiger partial charge in [-0.15, -0.1) is 0 Å². The SMILES string of the molecule is CCCCCCCCCCCCCCCCC(=O)OC[C@H](COC(=O)CCCCCCCCCCCC(C)C)OC(=O)CCCCCCCCCCCCCCCCC(C)CC. The van der Waals surface area contributed by atoms with Crippen molar-refractivity contribution < 1.29 is 28.6 Å². The second kappa shape index (κ2) is 48.9. The molecule has 0 rings (SSSR count). The Labute approximate surface area is 387 Å². The van der Waals surface area contributed by atoms with E-state index in [1.165, 1.54) is 199 Å². The van der Waals surface area contributed by atoms with Crippen LogP contribution in [-0.2, 0) is 28.6 Å². The highest BCUT2D eigenvalue weighted by molar-refractivity contribution is 5.71. The summed E-state index contributed by atoms with van der Waals surface area (Å²) < 4.78 is 16.9. The van der Waals surface area contributed by atoms with Crippen LogP contribution in [0.3, 0.4) is 0 Å². The molecule has 0 aliphatic heterocycles. The number of rotatable bonds is 50. The van der Waals surface area contributed by atoms with Gasteiger partial charge in [-0.2, -0.15) is 0 Å². The summed E-state index contributed by atoms with van der Waals surface area (Å²) in [5.74, 6) is 0.859. The lowest BCUT2D eigenvalue weighted by Gasteiger charge is -2.18. The zero-order chi connectivity index (χ0) is 45.4. The van der Waals surface area contributed by atoms with E-state index in [2.05, 4.69) is 34.6 Å². The van der Waals surface area contributed by atoms with Crippen molar-refractivity contribution in [3.63, 3.8) is 0 Å². The Balaban J connectivity index is 4.30. The third-order valence-corrected chi connectivity index (χ3v) is 13.1. The van der Waals surface area contributed by atoms with Crippen LogP contribution >= 0.6 is 0 Å². The summed E-state index contributed by atoms with van der Waals surface area (Å²) in [5, 5.41) is 0. The molecule has 0 amide bonds. The second-order valence-corrected chi connectivity index (χ2v) is 19.9. The smallest absolute Gasteiger partial charge is 0.306 e. The summed E-state index contributed by atoms with van der Waals surface area (Å²) >= 11 is 0. The van der Waals surface area contributed by atoms with Crippen molar-refractivity contribution in [2.45, 2.75) is 317 Å². The van der Waals surface area contributed by atoms with Gasteiger partial charge >= 0.3 is 17.9 Å². The van der Waals surface area contributed by atoms with Crippen molar-refractivity contribution in [1.29, 1.82) is 0 Å². The highest BCUT2D eigenvalue weighted by Crippen LogP contribution is 2.18. The van der Waals surface area contributed by atoms with E-state index in [9.17, 15) is 14.4 Å². The summed E-state index contributed by atoms with van der Waals surface area (Å²) in [6.45, 7) is 11.4. The topological polar surface area (TPSA) is 78.9 Å². The fourth-order valence-corrected chi connectivity index (χ4v) is 8.49. The third-order valence-electron chi connectivity index (χ3n) is 13.1. The molecule has 0 aliphatic rings. The normalized spacial score (nSPS) is 12.5. The Morgan fingerprint density at radius 2 is 0.613 bits per heavy atom. The maximum Gasteiger partial charge on any atom is 0.306 e. The van der Waals surface area contributed by atoms with Crippen LogP contribution in [-0.4, -0.2) is 37.2 Å². The lowest BCUT2D eigenvalue weighted by atomic mass is 9.99. The molecule has 0 N–H and O–H groups in total. The predicted molar refractivity (Wildman–Crippen MR) is 266 cm³/mol. The molecular weight excluding hydrogens is 769 g/mol. The minimum absolute atomic E-state index is 0.0632. The average molecular weight is 877 g/mol. The number of carbonyl (C=O) groups excluding carboxylic acids is 3. The number of ether oxygens (including phenoxy) is 3. The third kappa shape index (κ3) is 47.9. The van der Waals surface area contributed by atoms with E-state index in [4.69, 9.17) is 14.2 Å². The fourth-order valence-electron chi connectivity index (χ4n) is 8.49. The van der Waals surface area contributed by atoms with Crippen molar-refractivity contribution in [2.24, 2.45) is 11.8 Å². The minimum Gasteiger partial charge on any atom is -0.462 e. The summed E-state index contributed by atoms with van der Waals surface area (Å²) in [6.07, 6.45) is 50.8. The molecule has 0 saturated carbocycles. The van der Waals surface area contributed by atoms with Gasteiger partial charge in [-0.3, -0.25) is 14.4 Å². The van der Waals surface area contributed by atoms with Crippen molar-refractivity contribution in [3.8, 4) is 0 Å². The maximum atomic E-state index is 12.8. The number of hydrogen-bond donors (Lipinski definition) is 0. The van der Waals surface area contributed by atoms with E-state index in [0.717, 1.165) is 69.6 Å². The van der Waals surface area contributed by atoms with Gasteiger partial charge in [0.05, 0.1) is 0 Å². The highest BCUT2D eigenvalue weighted by Gasteiger charge is 2.19. The second-order valence-electron chi connectivity index (χ2n) is 19.9. The Hall–Kier alpha value is -1.59. The predicted octanol–water partition coefficient (Wildman–Crippen LogP) is 18.1. The van der Waals surface area contributed by atoms with Gasteiger partial charge < -0.3 is 14.2 Å². The summed E-state index contributed by atoms with van der Waals surface area (Å²) in [6, 6.07) is 0. The highest BCUT2D eigenvalue weighted by atomic mass is 16.6. The molecule has 2 atom stereocenters. The van der Waals surface area contributed by atoms with Gasteiger partial charge in [-0.05, 0) is 31.1 Å². The van der Waals surface area contributed by atoms with Crippen molar-refractivity contribution >= 4 is 17.9 Å². The zero-order valence-corrected chi connectivity index (χ0v) is 42.5. The molecule has 0 heterocycles. The zero-order valence-electron chi connectivity index (χ0n) is 42.5. The Morgan fingerprint density at radius 1 is 0.339 bits per heavy atom. The average Bonchev–Trinajstić information content (AvgIpc) is 3.26. The van der Waals surface area contributed by atoms with Gasteiger partial charge in [0.15, 0.2) is 6.10 Å². The first-order valence-electron chi connectivity index (χ1n) is 27.8. The van der Waals surface area contributed by atoms with E-state index in [1.54, 1.807) is 0 Å². The monoisotopic (exact) mass is 877 g/mol. The van der Waals surface area contributed by atoms with Crippen LogP contribution in [0.5, 0.6) is 0 Å². The fraction of sp³-hybridized carbons (Fsp3) is 0.946. The standard InChI is InChI=1S/C56H108O6/c1-6-8-9-10-11-12-13-14-18-21-26-31-36-41-46-54(57)60-49-53(50-61-55(58)47-42-37-32-28-23-24-29-34-39-44-51(3)4)62-56(59)48-43-38-33-27-22-19-16-15-17-20-25-30-35-40-45-52(5)7-2/h51-53H,6-50H2,1-5H3/t52?,53-/m1/s1. The molecule has 0 aliphatic carbocycles. The van der Waals surface area contributed by atoms with Gasteiger partial charge in [-0.1, -0.05) is 272 Å². The van der Waals surface area contributed by atoms with E-state index >= 15 is 0 Å². The largest absolute Gasteiger partial charge is 0.462 e. The lowest BCUT2D eigenvalue weighted by Crippen LogP contribution is -2.30. The molecule has 6 nitrogen and oxygen atoms in total.